The second-order valence-electron chi connectivity index (χ2n) is 5.23. The van der Waals surface area contributed by atoms with Gasteiger partial charge in [0.2, 0.25) is 0 Å². The van der Waals surface area contributed by atoms with E-state index in [4.69, 9.17) is 4.74 Å². The summed E-state index contributed by atoms with van der Waals surface area (Å²) >= 11 is 0. The van der Waals surface area contributed by atoms with Gasteiger partial charge in [0.25, 0.3) is 0 Å². The molecule has 1 unspecified atom stereocenters. The third-order valence-corrected chi connectivity index (χ3v) is 3.69. The number of benzene rings is 2. The lowest BCUT2D eigenvalue weighted by Gasteiger charge is -2.20. The highest BCUT2D eigenvalue weighted by atomic mass is 16.5. The molecule has 104 valence electrons. The van der Waals surface area contributed by atoms with E-state index in [0.29, 0.717) is 0 Å². The molecule has 20 heavy (non-hydrogen) atoms. The van der Waals surface area contributed by atoms with Gasteiger partial charge in [-0.05, 0) is 37.5 Å². The second kappa shape index (κ2) is 5.45. The van der Waals surface area contributed by atoms with E-state index in [1.54, 1.807) is 12.1 Å². The van der Waals surface area contributed by atoms with E-state index in [1.165, 1.54) is 11.1 Å². The maximum absolute atomic E-state index is 9.57. The van der Waals surface area contributed by atoms with Crippen molar-refractivity contribution in [1.29, 1.82) is 0 Å². The highest BCUT2D eigenvalue weighted by molar-refractivity contribution is 5.52. The van der Waals surface area contributed by atoms with E-state index in [9.17, 15) is 5.11 Å². The molecule has 1 atom stereocenters. The van der Waals surface area contributed by atoms with E-state index in [1.807, 2.05) is 12.1 Å². The van der Waals surface area contributed by atoms with Crippen LogP contribution in [0.1, 0.15) is 30.0 Å². The van der Waals surface area contributed by atoms with Gasteiger partial charge in [-0.25, -0.2) is 0 Å². The predicted octanol–water partition coefficient (Wildman–Crippen LogP) is 4.03. The van der Waals surface area contributed by atoms with Crippen LogP contribution >= 0.6 is 0 Å². The Labute approximate surface area is 119 Å². The molecule has 0 aliphatic carbocycles. The highest BCUT2D eigenvalue weighted by Gasteiger charge is 2.20. The molecule has 0 radical (unpaired) electrons. The average Bonchev–Trinajstić information content (AvgIpc) is 2.63. The third-order valence-electron chi connectivity index (χ3n) is 3.69. The molecule has 3 heteroatoms. The van der Waals surface area contributed by atoms with Crippen molar-refractivity contribution < 1.29 is 9.84 Å². The maximum Gasteiger partial charge on any atom is 0.127 e. The average molecular weight is 269 g/mol. The van der Waals surface area contributed by atoms with Crippen LogP contribution in [-0.4, -0.2) is 11.7 Å². The Morgan fingerprint density at radius 2 is 2.05 bits per heavy atom. The lowest BCUT2D eigenvalue weighted by Crippen LogP contribution is -2.10. The zero-order chi connectivity index (χ0) is 13.9. The van der Waals surface area contributed by atoms with E-state index < -0.39 is 0 Å². The Morgan fingerprint density at radius 3 is 2.90 bits per heavy atom. The highest BCUT2D eigenvalue weighted by Crippen LogP contribution is 2.36. The van der Waals surface area contributed by atoms with Gasteiger partial charge in [0.05, 0.1) is 12.6 Å². The first-order chi connectivity index (χ1) is 9.74. The van der Waals surface area contributed by atoms with Crippen molar-refractivity contribution in [3.05, 3.63) is 53.6 Å². The van der Waals surface area contributed by atoms with Gasteiger partial charge in [-0.2, -0.15) is 0 Å². The third kappa shape index (κ3) is 2.57. The summed E-state index contributed by atoms with van der Waals surface area (Å²) < 4.78 is 5.88. The molecule has 0 fully saturated rings. The standard InChI is InChI=1S/C17H19NO2/c1-12-5-2-8-15-16(9-4-10-20-17(12)15)18-13-6-3-7-14(19)11-13/h2-3,5-8,11,16,18-19H,4,9-10H2,1H3. The SMILES string of the molecule is Cc1cccc2c1OCCCC2Nc1cccc(O)c1. The number of hydrogen-bond donors (Lipinski definition) is 2. The molecule has 1 aliphatic rings. The Kier molecular flexibility index (Phi) is 3.50. The Balaban J connectivity index is 1.92. The number of phenolic OH excluding ortho intramolecular Hbond substituents is 1. The van der Waals surface area contributed by atoms with Crippen LogP contribution in [0.2, 0.25) is 0 Å². The maximum atomic E-state index is 9.57. The molecular weight excluding hydrogens is 250 g/mol. The Bertz CT molecular complexity index is 610. The van der Waals surface area contributed by atoms with Crippen LogP contribution in [-0.2, 0) is 0 Å². The summed E-state index contributed by atoms with van der Waals surface area (Å²) in [6, 6.07) is 13.7. The first-order valence-electron chi connectivity index (χ1n) is 7.02. The molecule has 0 amide bonds. The van der Waals surface area contributed by atoms with Crippen molar-refractivity contribution in [3.8, 4) is 11.5 Å². The summed E-state index contributed by atoms with van der Waals surface area (Å²) in [7, 11) is 0. The summed E-state index contributed by atoms with van der Waals surface area (Å²) in [5.41, 5.74) is 3.31. The van der Waals surface area contributed by atoms with Crippen molar-refractivity contribution in [1.82, 2.24) is 0 Å². The van der Waals surface area contributed by atoms with Gasteiger partial charge in [-0.15, -0.1) is 0 Å². The Hall–Kier alpha value is -2.16. The fourth-order valence-electron chi connectivity index (χ4n) is 2.71. The molecule has 3 rings (SSSR count). The minimum absolute atomic E-state index is 0.217. The van der Waals surface area contributed by atoms with Gasteiger partial charge >= 0.3 is 0 Å². The molecular formula is C17H19NO2. The molecule has 2 aromatic rings. The van der Waals surface area contributed by atoms with Crippen LogP contribution in [0.3, 0.4) is 0 Å². The van der Waals surface area contributed by atoms with Gasteiger partial charge < -0.3 is 15.2 Å². The first-order valence-corrected chi connectivity index (χ1v) is 7.02. The molecule has 2 N–H and O–H groups in total. The molecule has 0 spiro atoms. The molecule has 0 saturated carbocycles. The number of para-hydroxylation sites is 1. The van der Waals surface area contributed by atoms with Crippen molar-refractivity contribution in [2.24, 2.45) is 0 Å². The number of hydrogen-bond acceptors (Lipinski definition) is 3. The van der Waals surface area contributed by atoms with Gasteiger partial charge in [0.15, 0.2) is 0 Å². The number of aryl methyl sites for hydroxylation is 1. The van der Waals surface area contributed by atoms with Crippen molar-refractivity contribution in [2.45, 2.75) is 25.8 Å². The zero-order valence-electron chi connectivity index (χ0n) is 11.6. The number of rotatable bonds is 2. The van der Waals surface area contributed by atoms with Crippen molar-refractivity contribution >= 4 is 5.69 Å². The van der Waals surface area contributed by atoms with Gasteiger partial charge in [-0.1, -0.05) is 24.3 Å². The van der Waals surface area contributed by atoms with Gasteiger partial charge in [-0.3, -0.25) is 0 Å². The van der Waals surface area contributed by atoms with Crippen LogP contribution in [0.5, 0.6) is 11.5 Å². The summed E-state index contributed by atoms with van der Waals surface area (Å²) in [4.78, 5) is 0. The number of ether oxygens (including phenoxy) is 1. The molecule has 0 aromatic heterocycles. The lowest BCUT2D eigenvalue weighted by atomic mass is 9.99. The van der Waals surface area contributed by atoms with Crippen LogP contribution in [0.15, 0.2) is 42.5 Å². The van der Waals surface area contributed by atoms with Gasteiger partial charge in [0.1, 0.15) is 11.5 Å². The van der Waals surface area contributed by atoms with E-state index in [2.05, 4.69) is 30.4 Å². The summed E-state index contributed by atoms with van der Waals surface area (Å²) in [6.45, 7) is 2.84. The lowest BCUT2D eigenvalue weighted by molar-refractivity contribution is 0.314. The van der Waals surface area contributed by atoms with Crippen molar-refractivity contribution in [2.75, 3.05) is 11.9 Å². The quantitative estimate of drug-likeness (QED) is 0.865. The molecule has 2 aromatic carbocycles. The topological polar surface area (TPSA) is 41.5 Å². The number of nitrogens with one attached hydrogen (secondary N) is 1. The smallest absolute Gasteiger partial charge is 0.127 e. The fourth-order valence-corrected chi connectivity index (χ4v) is 2.71. The first kappa shape index (κ1) is 12.9. The minimum atomic E-state index is 0.217. The zero-order valence-corrected chi connectivity index (χ0v) is 11.6. The fraction of sp³-hybridized carbons (Fsp3) is 0.294. The van der Waals surface area contributed by atoms with Crippen LogP contribution < -0.4 is 10.1 Å². The Morgan fingerprint density at radius 1 is 1.20 bits per heavy atom. The van der Waals surface area contributed by atoms with Crippen LogP contribution in [0.25, 0.3) is 0 Å². The van der Waals surface area contributed by atoms with E-state index in [0.717, 1.165) is 30.9 Å². The van der Waals surface area contributed by atoms with Crippen LogP contribution in [0.4, 0.5) is 5.69 Å². The normalized spacial score (nSPS) is 17.8. The molecule has 0 saturated heterocycles. The molecule has 1 aliphatic heterocycles. The number of aromatic hydroxyl groups is 1. The molecule has 0 bridgehead atoms. The summed E-state index contributed by atoms with van der Waals surface area (Å²) in [6.07, 6.45) is 2.04. The predicted molar refractivity (Wildman–Crippen MR) is 80.4 cm³/mol. The summed E-state index contributed by atoms with van der Waals surface area (Å²) in [5.74, 6) is 1.28. The summed E-state index contributed by atoms with van der Waals surface area (Å²) in [5, 5.41) is 13.1. The molecule has 1 heterocycles. The van der Waals surface area contributed by atoms with E-state index in [-0.39, 0.29) is 11.8 Å². The second-order valence-corrected chi connectivity index (χ2v) is 5.23. The number of phenols is 1. The van der Waals surface area contributed by atoms with Crippen LogP contribution in [0, 0.1) is 6.92 Å². The van der Waals surface area contributed by atoms with Gasteiger partial charge in [0, 0.05) is 17.3 Å². The van der Waals surface area contributed by atoms with Crippen molar-refractivity contribution in [3.63, 3.8) is 0 Å². The largest absolute Gasteiger partial charge is 0.508 e. The van der Waals surface area contributed by atoms with E-state index >= 15 is 0 Å². The number of fused-ring (bicyclic) bond motifs is 1. The molecule has 3 nitrogen and oxygen atoms in total. The number of anilines is 1. The minimum Gasteiger partial charge on any atom is -0.508 e. The monoisotopic (exact) mass is 269 g/mol.